The number of aryl methyl sites for hydroxylation is 1. The van der Waals surface area contributed by atoms with Crippen LogP contribution in [0, 0.1) is 0 Å². The lowest BCUT2D eigenvalue weighted by Gasteiger charge is -2.51. The van der Waals surface area contributed by atoms with Gasteiger partial charge in [-0.25, -0.2) is 23.4 Å². The third kappa shape index (κ3) is 8.18. The number of ether oxygens (including phenoxy) is 3. The normalized spacial score (nSPS) is 19.1. The first kappa shape index (κ1) is 35.7. The molecule has 0 bridgehead atoms. The summed E-state index contributed by atoms with van der Waals surface area (Å²) < 4.78 is 44.0. The molecule has 3 atom stereocenters. The van der Waals surface area contributed by atoms with Gasteiger partial charge >= 0.3 is 0 Å². The van der Waals surface area contributed by atoms with Crippen molar-refractivity contribution >= 4 is 38.1 Å². The predicted molar refractivity (Wildman–Crippen MR) is 202 cm³/mol. The minimum atomic E-state index is -3.30. The molecular formula is C39H45N7O5S. The van der Waals surface area contributed by atoms with Crippen LogP contribution in [0.2, 0.25) is 0 Å². The summed E-state index contributed by atoms with van der Waals surface area (Å²) in [4.78, 5) is 20.7. The molecule has 0 amide bonds. The fourth-order valence-corrected chi connectivity index (χ4v) is 7.55. The molecule has 1 unspecified atom stereocenters. The Kier molecular flexibility index (Phi) is 10.9. The SMILES string of the molecule is C[C@@H]1[C@@H](N(C)S(C)(=O)=O)CN1c1ccc(CCCOC2CCCCO2)c2cc(Nc3ccnc(-c4cnccc4OCc4ccccc4)n3)ncc12. The number of anilines is 3. The van der Waals surface area contributed by atoms with E-state index in [0.717, 1.165) is 60.7 Å². The second-order valence-electron chi connectivity index (χ2n) is 13.4. The monoisotopic (exact) mass is 723 g/mol. The van der Waals surface area contributed by atoms with Crippen LogP contribution in [0.1, 0.15) is 43.7 Å². The van der Waals surface area contributed by atoms with Crippen LogP contribution in [0.15, 0.2) is 85.5 Å². The maximum Gasteiger partial charge on any atom is 0.211 e. The summed E-state index contributed by atoms with van der Waals surface area (Å²) in [6, 6.07) is 19.9. The zero-order chi connectivity index (χ0) is 36.1. The van der Waals surface area contributed by atoms with Crippen LogP contribution < -0.4 is 15.0 Å². The molecule has 5 heterocycles. The van der Waals surface area contributed by atoms with Gasteiger partial charge in [0.2, 0.25) is 10.0 Å². The molecule has 0 spiro atoms. The van der Waals surface area contributed by atoms with Crippen molar-refractivity contribution in [2.24, 2.45) is 0 Å². The number of hydrogen-bond donors (Lipinski definition) is 1. The summed E-state index contributed by atoms with van der Waals surface area (Å²) in [5.74, 6) is 2.34. The van der Waals surface area contributed by atoms with E-state index in [-0.39, 0.29) is 18.4 Å². The number of aromatic nitrogens is 4. The molecule has 7 rings (SSSR count). The maximum atomic E-state index is 12.3. The van der Waals surface area contributed by atoms with Gasteiger partial charge in [-0.3, -0.25) is 4.98 Å². The van der Waals surface area contributed by atoms with E-state index in [1.807, 2.05) is 42.6 Å². The summed E-state index contributed by atoms with van der Waals surface area (Å²) in [6.45, 7) is 4.45. The van der Waals surface area contributed by atoms with Gasteiger partial charge in [0.1, 0.15) is 24.0 Å². The Labute approximate surface area is 305 Å². The molecule has 2 aromatic carbocycles. The molecule has 2 aliphatic heterocycles. The van der Waals surface area contributed by atoms with E-state index in [1.165, 1.54) is 16.1 Å². The predicted octanol–water partition coefficient (Wildman–Crippen LogP) is 6.35. The Hall–Kier alpha value is -4.69. The highest BCUT2D eigenvalue weighted by molar-refractivity contribution is 7.88. The van der Waals surface area contributed by atoms with Crippen molar-refractivity contribution in [1.29, 1.82) is 0 Å². The largest absolute Gasteiger partial charge is 0.488 e. The molecule has 52 heavy (non-hydrogen) atoms. The molecule has 5 aromatic rings. The second-order valence-corrected chi connectivity index (χ2v) is 15.4. The van der Waals surface area contributed by atoms with Crippen LogP contribution >= 0.6 is 0 Å². The van der Waals surface area contributed by atoms with Crippen molar-refractivity contribution in [2.75, 3.05) is 43.3 Å². The van der Waals surface area contributed by atoms with Crippen molar-refractivity contribution in [3.05, 3.63) is 96.6 Å². The highest BCUT2D eigenvalue weighted by Crippen LogP contribution is 2.38. The molecule has 12 nitrogen and oxygen atoms in total. The Bertz CT molecular complexity index is 2100. The molecular weight excluding hydrogens is 679 g/mol. The van der Waals surface area contributed by atoms with Gasteiger partial charge in [-0.15, -0.1) is 0 Å². The molecule has 272 valence electrons. The third-order valence-corrected chi connectivity index (χ3v) is 11.2. The molecule has 3 aromatic heterocycles. The Morgan fingerprint density at radius 2 is 1.87 bits per heavy atom. The van der Waals surface area contributed by atoms with Crippen molar-refractivity contribution in [2.45, 2.75) is 64.0 Å². The lowest BCUT2D eigenvalue weighted by atomic mass is 9.94. The summed E-state index contributed by atoms with van der Waals surface area (Å²) in [6.07, 6.45) is 13.0. The molecule has 1 N–H and O–H groups in total. The average molecular weight is 724 g/mol. The minimum absolute atomic E-state index is 0.00366. The van der Waals surface area contributed by atoms with Crippen molar-refractivity contribution < 1.29 is 22.6 Å². The van der Waals surface area contributed by atoms with E-state index in [1.54, 1.807) is 31.7 Å². The van der Waals surface area contributed by atoms with Crippen molar-refractivity contribution in [3.63, 3.8) is 0 Å². The highest BCUT2D eigenvalue weighted by Gasteiger charge is 2.41. The first-order valence-corrected chi connectivity index (χ1v) is 19.6. The lowest BCUT2D eigenvalue weighted by molar-refractivity contribution is -0.162. The van der Waals surface area contributed by atoms with Gasteiger partial charge in [0, 0.05) is 62.1 Å². The summed E-state index contributed by atoms with van der Waals surface area (Å²) in [5, 5.41) is 5.46. The summed E-state index contributed by atoms with van der Waals surface area (Å²) in [7, 11) is -1.65. The molecule has 2 saturated heterocycles. The van der Waals surface area contributed by atoms with Gasteiger partial charge in [-0.2, -0.15) is 4.31 Å². The van der Waals surface area contributed by atoms with Crippen LogP contribution in [0.4, 0.5) is 17.3 Å². The van der Waals surface area contributed by atoms with Crippen LogP contribution in [-0.2, 0) is 32.5 Å². The Morgan fingerprint density at radius 3 is 2.65 bits per heavy atom. The zero-order valence-corrected chi connectivity index (χ0v) is 30.6. The minimum Gasteiger partial charge on any atom is -0.488 e. The maximum absolute atomic E-state index is 12.3. The van der Waals surface area contributed by atoms with Gasteiger partial charge in [-0.05, 0) is 79.8 Å². The molecule has 13 heteroatoms. The standard InChI is InChI=1S/C39H45N7O5S/c1-27-34(45(2)52(3,47)48)25-46(27)33-15-14-29(12-9-21-50-38-13-7-8-20-49-38)30-22-37(42-24-31(30)33)43-36-17-19-41-39(44-36)32-23-40-18-16-35(32)51-26-28-10-5-4-6-11-28/h4-6,10-11,14-19,22-24,27,34,38H,7-9,12-13,20-21,25-26H2,1-3H3,(H,41,42,43,44)/t27-,34+,38?/m1/s1. The Balaban J connectivity index is 1.13. The van der Waals surface area contributed by atoms with Crippen LogP contribution in [0.5, 0.6) is 5.75 Å². The number of nitrogens with one attached hydrogen (secondary N) is 1. The number of fused-ring (bicyclic) bond motifs is 1. The molecule has 0 aliphatic carbocycles. The number of pyridine rings is 2. The first-order chi connectivity index (χ1) is 25.2. The summed E-state index contributed by atoms with van der Waals surface area (Å²) in [5.41, 5.74) is 3.94. The zero-order valence-electron chi connectivity index (χ0n) is 29.8. The number of benzene rings is 2. The second kappa shape index (κ2) is 15.9. The topological polar surface area (TPSA) is 132 Å². The van der Waals surface area contributed by atoms with E-state index in [0.29, 0.717) is 48.5 Å². The van der Waals surface area contributed by atoms with Gasteiger partial charge in [-0.1, -0.05) is 36.4 Å². The third-order valence-electron chi connectivity index (χ3n) is 9.90. The van der Waals surface area contributed by atoms with E-state index < -0.39 is 10.0 Å². The van der Waals surface area contributed by atoms with E-state index >= 15 is 0 Å². The number of likely N-dealkylation sites (N-methyl/N-ethyl adjacent to an activating group) is 1. The number of rotatable bonds is 14. The van der Waals surface area contributed by atoms with E-state index in [9.17, 15) is 8.42 Å². The Morgan fingerprint density at radius 1 is 1.00 bits per heavy atom. The first-order valence-electron chi connectivity index (χ1n) is 17.8. The molecule has 0 radical (unpaired) electrons. The molecule has 2 fully saturated rings. The summed E-state index contributed by atoms with van der Waals surface area (Å²) >= 11 is 0. The van der Waals surface area contributed by atoms with Crippen molar-refractivity contribution in [1.82, 2.24) is 24.2 Å². The van der Waals surface area contributed by atoms with E-state index in [4.69, 9.17) is 24.2 Å². The van der Waals surface area contributed by atoms with Crippen LogP contribution in [0.25, 0.3) is 22.2 Å². The lowest BCUT2D eigenvalue weighted by Crippen LogP contribution is -2.65. The highest BCUT2D eigenvalue weighted by atomic mass is 32.2. The van der Waals surface area contributed by atoms with Gasteiger partial charge in [0.15, 0.2) is 12.1 Å². The van der Waals surface area contributed by atoms with Gasteiger partial charge in [0.25, 0.3) is 0 Å². The fraction of sp³-hybridized carbons (Fsp3) is 0.385. The van der Waals surface area contributed by atoms with Gasteiger partial charge < -0.3 is 24.4 Å². The number of nitrogens with zero attached hydrogens (tertiary/aromatic N) is 6. The number of hydrogen-bond acceptors (Lipinski definition) is 11. The van der Waals surface area contributed by atoms with Gasteiger partial charge in [0.05, 0.1) is 24.5 Å². The quantitative estimate of drug-likeness (QED) is 0.129. The number of sulfonamides is 1. The molecule has 2 aliphatic rings. The van der Waals surface area contributed by atoms with Crippen LogP contribution in [-0.4, -0.2) is 84.1 Å². The van der Waals surface area contributed by atoms with Crippen LogP contribution in [0.3, 0.4) is 0 Å². The van der Waals surface area contributed by atoms with E-state index in [2.05, 4.69) is 45.3 Å². The van der Waals surface area contributed by atoms with Crippen molar-refractivity contribution in [3.8, 4) is 17.1 Å². The average Bonchev–Trinajstić information content (AvgIpc) is 3.16. The fourth-order valence-electron chi connectivity index (χ4n) is 6.81. The molecule has 0 saturated carbocycles. The smallest absolute Gasteiger partial charge is 0.211 e.